The predicted octanol–water partition coefficient (Wildman–Crippen LogP) is 3.26. The fourth-order valence-electron chi connectivity index (χ4n) is 1.83. The predicted molar refractivity (Wildman–Crippen MR) is 88.1 cm³/mol. The van der Waals surface area contributed by atoms with Crippen LogP contribution in [0.4, 0.5) is 0 Å². The first-order valence-corrected chi connectivity index (χ1v) is 8.11. The number of aromatic nitrogens is 2. The van der Waals surface area contributed by atoms with E-state index in [1.165, 1.54) is 30.8 Å². The minimum absolute atomic E-state index is 0.0741. The molecule has 1 N–H and O–H groups in total. The molecule has 6 nitrogen and oxygen atoms in total. The highest BCUT2D eigenvalue weighted by Crippen LogP contribution is 2.38. The molecule has 2 aromatic rings. The molecule has 0 radical (unpaired) electrons. The molecule has 1 heterocycles. The molecule has 0 bridgehead atoms. The molecular formula is C14H9Cl2N3O3S. The molecule has 23 heavy (non-hydrogen) atoms. The van der Waals surface area contributed by atoms with Crippen molar-refractivity contribution in [3.05, 3.63) is 38.1 Å². The quantitative estimate of drug-likeness (QED) is 0.386. The first-order chi connectivity index (χ1) is 10.9. The van der Waals surface area contributed by atoms with Gasteiger partial charge in [0.05, 0.1) is 15.7 Å². The van der Waals surface area contributed by atoms with Crippen LogP contribution in [0.1, 0.15) is 12.5 Å². The number of carbonyl (C=O) groups excluding carboxylic acids is 1. The number of ether oxygens (including phenoxy) is 1. The Hall–Kier alpha value is -2.01. The number of esters is 1. The molecule has 0 saturated heterocycles. The van der Waals surface area contributed by atoms with Crippen molar-refractivity contribution in [3.63, 3.8) is 0 Å². The largest absolute Gasteiger partial charge is 0.427 e. The van der Waals surface area contributed by atoms with E-state index in [2.05, 4.69) is 9.97 Å². The maximum Gasteiger partial charge on any atom is 0.308 e. The van der Waals surface area contributed by atoms with Crippen molar-refractivity contribution in [1.29, 1.82) is 5.26 Å². The lowest BCUT2D eigenvalue weighted by atomic mass is 10.1. The van der Waals surface area contributed by atoms with Gasteiger partial charge in [-0.15, -0.1) is 0 Å². The van der Waals surface area contributed by atoms with Gasteiger partial charge in [0.1, 0.15) is 17.4 Å². The van der Waals surface area contributed by atoms with Crippen molar-refractivity contribution in [2.24, 2.45) is 0 Å². The molecule has 0 saturated carbocycles. The van der Waals surface area contributed by atoms with E-state index in [1.54, 1.807) is 12.3 Å². The Morgan fingerprint density at radius 1 is 1.39 bits per heavy atom. The Morgan fingerprint density at radius 3 is 2.48 bits per heavy atom. The Labute approximate surface area is 145 Å². The summed E-state index contributed by atoms with van der Waals surface area (Å²) in [6.07, 6.45) is 1.72. The van der Waals surface area contributed by atoms with Gasteiger partial charge in [-0.2, -0.15) is 5.26 Å². The molecule has 0 aliphatic carbocycles. The Kier molecular flexibility index (Phi) is 5.31. The van der Waals surface area contributed by atoms with Crippen LogP contribution in [0.3, 0.4) is 0 Å². The van der Waals surface area contributed by atoms with Gasteiger partial charge in [-0.05, 0) is 6.26 Å². The van der Waals surface area contributed by atoms with E-state index in [4.69, 9.17) is 27.9 Å². The van der Waals surface area contributed by atoms with Crippen LogP contribution in [0.5, 0.6) is 5.75 Å². The van der Waals surface area contributed by atoms with Gasteiger partial charge in [-0.25, -0.2) is 4.98 Å². The molecule has 118 valence electrons. The third kappa shape index (κ3) is 3.67. The SMILES string of the molecule is CSc1nc(-c2c(Cl)cc(OC(C)=O)cc2Cl)c(C#N)c(=O)[nH]1. The summed E-state index contributed by atoms with van der Waals surface area (Å²) in [4.78, 5) is 29.7. The van der Waals surface area contributed by atoms with Gasteiger partial charge in [0, 0.05) is 24.6 Å². The number of nitrogens with one attached hydrogen (secondary N) is 1. The lowest BCUT2D eigenvalue weighted by Crippen LogP contribution is -2.15. The van der Waals surface area contributed by atoms with Gasteiger partial charge in [-0.3, -0.25) is 9.59 Å². The number of carbonyl (C=O) groups is 1. The van der Waals surface area contributed by atoms with Crippen LogP contribution in [-0.4, -0.2) is 22.2 Å². The lowest BCUT2D eigenvalue weighted by molar-refractivity contribution is -0.131. The lowest BCUT2D eigenvalue weighted by Gasteiger charge is -2.11. The summed E-state index contributed by atoms with van der Waals surface area (Å²) >= 11 is 13.6. The second-order valence-electron chi connectivity index (χ2n) is 4.27. The minimum Gasteiger partial charge on any atom is -0.427 e. The number of hydrogen-bond donors (Lipinski definition) is 1. The van der Waals surface area contributed by atoms with Gasteiger partial charge >= 0.3 is 5.97 Å². The van der Waals surface area contributed by atoms with Crippen molar-refractivity contribution in [3.8, 4) is 23.1 Å². The van der Waals surface area contributed by atoms with E-state index in [-0.39, 0.29) is 32.6 Å². The monoisotopic (exact) mass is 369 g/mol. The van der Waals surface area contributed by atoms with Crippen molar-refractivity contribution in [2.45, 2.75) is 12.1 Å². The smallest absolute Gasteiger partial charge is 0.308 e. The van der Waals surface area contributed by atoms with Gasteiger partial charge in [0.15, 0.2) is 5.16 Å². The van der Waals surface area contributed by atoms with E-state index in [0.29, 0.717) is 5.16 Å². The van der Waals surface area contributed by atoms with E-state index < -0.39 is 11.5 Å². The second-order valence-corrected chi connectivity index (χ2v) is 5.88. The van der Waals surface area contributed by atoms with Gasteiger partial charge in [0.25, 0.3) is 5.56 Å². The van der Waals surface area contributed by atoms with Crippen LogP contribution in [0, 0.1) is 11.3 Å². The number of hydrogen-bond acceptors (Lipinski definition) is 6. The van der Waals surface area contributed by atoms with Crippen LogP contribution in [-0.2, 0) is 4.79 Å². The second kappa shape index (κ2) is 7.04. The number of thioether (sulfide) groups is 1. The van der Waals surface area contributed by atoms with Gasteiger partial charge < -0.3 is 9.72 Å². The molecule has 0 aliphatic heterocycles. The first kappa shape index (κ1) is 17.3. The summed E-state index contributed by atoms with van der Waals surface area (Å²) in [5.74, 6) is -0.369. The van der Waals surface area contributed by atoms with Crippen LogP contribution >= 0.6 is 35.0 Å². The van der Waals surface area contributed by atoms with Gasteiger partial charge in [-0.1, -0.05) is 35.0 Å². The number of aromatic amines is 1. The average Bonchev–Trinajstić information content (AvgIpc) is 2.45. The molecule has 0 aliphatic rings. The van der Waals surface area contributed by atoms with Crippen molar-refractivity contribution < 1.29 is 9.53 Å². The molecule has 0 amide bonds. The topological polar surface area (TPSA) is 95.8 Å². The highest BCUT2D eigenvalue weighted by atomic mass is 35.5. The Bertz CT molecular complexity index is 867. The Morgan fingerprint density at radius 2 is 2.00 bits per heavy atom. The molecule has 0 atom stereocenters. The highest BCUT2D eigenvalue weighted by molar-refractivity contribution is 7.98. The van der Waals surface area contributed by atoms with E-state index in [0.717, 1.165) is 0 Å². The third-order valence-corrected chi connectivity index (χ3v) is 3.89. The molecule has 9 heteroatoms. The molecule has 0 spiro atoms. The van der Waals surface area contributed by atoms with Gasteiger partial charge in [0.2, 0.25) is 0 Å². The zero-order chi connectivity index (χ0) is 17.1. The summed E-state index contributed by atoms with van der Waals surface area (Å²) in [6, 6.07) is 4.53. The molecule has 2 rings (SSSR count). The Balaban J connectivity index is 2.72. The van der Waals surface area contributed by atoms with E-state index >= 15 is 0 Å². The van der Waals surface area contributed by atoms with Crippen LogP contribution < -0.4 is 10.3 Å². The fraction of sp³-hybridized carbons (Fsp3) is 0.143. The molecular weight excluding hydrogens is 361 g/mol. The van der Waals surface area contributed by atoms with Crippen molar-refractivity contribution in [2.75, 3.05) is 6.26 Å². The maximum atomic E-state index is 12.0. The summed E-state index contributed by atoms with van der Waals surface area (Å²) in [5.41, 5.74) is -0.489. The summed E-state index contributed by atoms with van der Waals surface area (Å²) in [6.45, 7) is 1.24. The number of halogens is 2. The summed E-state index contributed by atoms with van der Waals surface area (Å²) < 4.78 is 4.93. The highest BCUT2D eigenvalue weighted by Gasteiger charge is 2.20. The molecule has 0 unspecified atom stereocenters. The van der Waals surface area contributed by atoms with E-state index in [1.807, 2.05) is 0 Å². The maximum absolute atomic E-state index is 12.0. The van der Waals surface area contributed by atoms with E-state index in [9.17, 15) is 14.9 Å². The zero-order valence-corrected chi connectivity index (χ0v) is 14.3. The third-order valence-electron chi connectivity index (χ3n) is 2.72. The van der Waals surface area contributed by atoms with Crippen LogP contribution in [0.2, 0.25) is 10.0 Å². The number of H-pyrrole nitrogens is 1. The van der Waals surface area contributed by atoms with Crippen molar-refractivity contribution in [1.82, 2.24) is 9.97 Å². The van der Waals surface area contributed by atoms with Crippen LogP contribution in [0.25, 0.3) is 11.3 Å². The fourth-order valence-corrected chi connectivity index (χ4v) is 2.86. The average molecular weight is 370 g/mol. The summed E-state index contributed by atoms with van der Waals surface area (Å²) in [7, 11) is 0. The molecule has 0 fully saturated rings. The number of nitriles is 1. The van der Waals surface area contributed by atoms with Crippen molar-refractivity contribution >= 4 is 40.9 Å². The number of rotatable bonds is 3. The first-order valence-electron chi connectivity index (χ1n) is 6.13. The molecule has 1 aromatic carbocycles. The molecule has 1 aromatic heterocycles. The standard InChI is InChI=1S/C14H9Cl2N3O3S/c1-6(20)22-7-3-9(15)11(10(16)4-7)12-8(5-17)13(21)19-14(18-12)23-2/h3-4H,1-2H3,(H,18,19,21). The minimum atomic E-state index is -0.585. The summed E-state index contributed by atoms with van der Waals surface area (Å²) in [5, 5.41) is 9.74. The zero-order valence-electron chi connectivity index (χ0n) is 11.9. The number of nitrogens with zero attached hydrogens (tertiary/aromatic N) is 2. The normalized spacial score (nSPS) is 10.2. The van der Waals surface area contributed by atoms with Crippen LogP contribution in [0.15, 0.2) is 22.1 Å². The number of benzene rings is 1.